The molecule has 0 aromatic carbocycles. The van der Waals surface area contributed by atoms with Gasteiger partial charge < -0.3 is 19.3 Å². The first-order valence-electron chi connectivity index (χ1n) is 8.76. The molecule has 5 aliphatic rings. The number of rotatable bonds is 3. The molecule has 5 rings (SSSR count). The van der Waals surface area contributed by atoms with Crippen LogP contribution < -0.4 is 0 Å². The number of esters is 1. The highest BCUT2D eigenvalue weighted by Crippen LogP contribution is 2.63. The Morgan fingerprint density at radius 3 is 2.29 bits per heavy atom. The number of aliphatic hydroxyl groups is 1. The van der Waals surface area contributed by atoms with Crippen LogP contribution in [0.4, 0.5) is 8.78 Å². The van der Waals surface area contributed by atoms with Crippen molar-refractivity contribution in [3.63, 3.8) is 0 Å². The molecule has 136 valence electrons. The number of carbonyl (C=O) groups is 1. The summed E-state index contributed by atoms with van der Waals surface area (Å²) in [6, 6.07) is 0. The minimum atomic E-state index is -3.47. The average Bonchev–Trinajstić information content (AvgIpc) is 2.51. The van der Waals surface area contributed by atoms with E-state index in [1.165, 1.54) is 0 Å². The highest BCUT2D eigenvalue weighted by atomic mass is 19.3. The van der Waals surface area contributed by atoms with Gasteiger partial charge in [-0.25, -0.2) is 4.79 Å². The van der Waals surface area contributed by atoms with E-state index in [4.69, 9.17) is 14.2 Å². The van der Waals surface area contributed by atoms with Crippen LogP contribution in [0.25, 0.3) is 0 Å². The zero-order valence-corrected chi connectivity index (χ0v) is 13.8. The van der Waals surface area contributed by atoms with E-state index < -0.39 is 23.3 Å². The Kier molecular flexibility index (Phi) is 3.72. The van der Waals surface area contributed by atoms with Gasteiger partial charge in [0.25, 0.3) is 0 Å². The van der Waals surface area contributed by atoms with E-state index in [9.17, 15) is 18.7 Å². The third-order valence-electron chi connectivity index (χ3n) is 6.29. The van der Waals surface area contributed by atoms with Gasteiger partial charge in [0.2, 0.25) is 0 Å². The largest absolute Gasteiger partial charge is 0.455 e. The molecule has 1 heterocycles. The van der Waals surface area contributed by atoms with Crippen molar-refractivity contribution in [1.82, 2.24) is 0 Å². The maximum atomic E-state index is 13.3. The van der Waals surface area contributed by atoms with Gasteiger partial charge in [-0.05, 0) is 38.0 Å². The number of alkyl halides is 2. The third kappa shape index (κ3) is 2.47. The molecule has 1 spiro atoms. The van der Waals surface area contributed by atoms with Gasteiger partial charge >= 0.3 is 11.9 Å². The van der Waals surface area contributed by atoms with Gasteiger partial charge in [-0.1, -0.05) is 0 Å². The van der Waals surface area contributed by atoms with Crippen LogP contribution in [-0.4, -0.2) is 48.2 Å². The van der Waals surface area contributed by atoms with Gasteiger partial charge in [0.05, 0.1) is 19.8 Å². The van der Waals surface area contributed by atoms with E-state index in [2.05, 4.69) is 0 Å². The van der Waals surface area contributed by atoms with Gasteiger partial charge in [0.1, 0.15) is 5.60 Å². The molecular weight excluding hydrogens is 322 g/mol. The van der Waals surface area contributed by atoms with Crippen LogP contribution in [0.2, 0.25) is 0 Å². The van der Waals surface area contributed by atoms with Crippen molar-refractivity contribution in [1.29, 1.82) is 0 Å². The Morgan fingerprint density at radius 2 is 1.79 bits per heavy atom. The molecule has 2 atom stereocenters. The molecule has 1 saturated heterocycles. The van der Waals surface area contributed by atoms with E-state index in [0.29, 0.717) is 45.3 Å². The first-order valence-corrected chi connectivity index (χ1v) is 8.76. The first-order chi connectivity index (χ1) is 11.3. The third-order valence-corrected chi connectivity index (χ3v) is 6.29. The Balaban J connectivity index is 1.54. The molecule has 4 aliphatic carbocycles. The van der Waals surface area contributed by atoms with Crippen LogP contribution >= 0.6 is 0 Å². The van der Waals surface area contributed by atoms with Crippen molar-refractivity contribution >= 4 is 5.97 Å². The van der Waals surface area contributed by atoms with Crippen molar-refractivity contribution in [2.45, 2.75) is 56.3 Å². The Morgan fingerprint density at radius 1 is 1.21 bits per heavy atom. The molecule has 0 radical (unpaired) electrons. The molecule has 1 aliphatic heterocycles. The van der Waals surface area contributed by atoms with Crippen molar-refractivity contribution < 1.29 is 32.9 Å². The Labute approximate surface area is 139 Å². The maximum absolute atomic E-state index is 13.3. The Bertz CT molecular complexity index is 506. The number of ether oxygens (including phenoxy) is 3. The van der Waals surface area contributed by atoms with Crippen LogP contribution in [0.5, 0.6) is 0 Å². The van der Waals surface area contributed by atoms with E-state index >= 15 is 0 Å². The molecule has 2 unspecified atom stereocenters. The lowest BCUT2D eigenvalue weighted by molar-refractivity contribution is -0.383. The number of hydrogen-bond acceptors (Lipinski definition) is 5. The molecule has 0 aromatic heterocycles. The lowest BCUT2D eigenvalue weighted by atomic mass is 9.51. The van der Waals surface area contributed by atoms with Gasteiger partial charge in [0.15, 0.2) is 5.79 Å². The fraction of sp³-hybridized carbons (Fsp3) is 0.941. The Hall–Kier alpha value is -0.790. The highest BCUT2D eigenvalue weighted by molar-refractivity contribution is 5.77. The highest BCUT2D eigenvalue weighted by Gasteiger charge is 2.66. The molecule has 5 fully saturated rings. The zero-order valence-electron chi connectivity index (χ0n) is 13.8. The topological polar surface area (TPSA) is 65.0 Å². The van der Waals surface area contributed by atoms with E-state index in [1.54, 1.807) is 0 Å². The molecule has 7 heteroatoms. The number of aliphatic hydroxyl groups excluding tert-OH is 1. The molecule has 4 saturated carbocycles. The quantitative estimate of drug-likeness (QED) is 0.793. The SMILES string of the molecule is CC(F)(F)C(=O)OC12CC3CC(C1)C1(OCC(CO)CO1)C(C3)C2. The number of hydrogen-bond donors (Lipinski definition) is 1. The van der Waals surface area contributed by atoms with Crippen LogP contribution in [0.3, 0.4) is 0 Å². The van der Waals surface area contributed by atoms with Crippen molar-refractivity contribution in [3.8, 4) is 0 Å². The lowest BCUT2D eigenvalue weighted by Gasteiger charge is -2.64. The van der Waals surface area contributed by atoms with Crippen molar-refractivity contribution in [2.75, 3.05) is 19.8 Å². The van der Waals surface area contributed by atoms with Crippen LogP contribution in [0.15, 0.2) is 0 Å². The summed E-state index contributed by atoms with van der Waals surface area (Å²) < 4.78 is 44.1. The number of halogens is 2. The zero-order chi connectivity index (χ0) is 17.2. The van der Waals surface area contributed by atoms with Crippen molar-refractivity contribution in [2.24, 2.45) is 23.7 Å². The summed E-state index contributed by atoms with van der Waals surface area (Å²) in [5.41, 5.74) is -0.793. The second kappa shape index (κ2) is 5.35. The molecule has 0 amide bonds. The molecule has 5 nitrogen and oxygen atoms in total. The van der Waals surface area contributed by atoms with E-state index in [0.717, 1.165) is 12.8 Å². The predicted octanol–water partition coefficient (Wildman–Crippen LogP) is 2.12. The lowest BCUT2D eigenvalue weighted by Crippen LogP contribution is -2.68. The monoisotopic (exact) mass is 346 g/mol. The number of carbonyl (C=O) groups excluding carboxylic acids is 1. The van der Waals surface area contributed by atoms with Crippen molar-refractivity contribution in [3.05, 3.63) is 0 Å². The minimum Gasteiger partial charge on any atom is -0.455 e. The molecule has 4 bridgehead atoms. The summed E-state index contributed by atoms with van der Waals surface area (Å²) in [5.74, 6) is -5.11. The fourth-order valence-electron chi connectivity index (χ4n) is 5.43. The summed E-state index contributed by atoms with van der Waals surface area (Å²) in [7, 11) is 0. The normalized spacial score (nSPS) is 47.2. The van der Waals surface area contributed by atoms with Gasteiger partial charge in [0, 0.05) is 24.7 Å². The smallest absolute Gasteiger partial charge is 0.377 e. The second-order valence-corrected chi connectivity index (χ2v) is 8.20. The average molecular weight is 346 g/mol. The van der Waals surface area contributed by atoms with Crippen LogP contribution in [0.1, 0.15) is 39.0 Å². The molecule has 0 aromatic rings. The van der Waals surface area contributed by atoms with Gasteiger partial charge in [-0.3, -0.25) is 0 Å². The summed E-state index contributed by atoms with van der Waals surface area (Å²) in [4.78, 5) is 11.7. The molecular formula is C17H24F2O5. The maximum Gasteiger partial charge on any atom is 0.377 e. The summed E-state index contributed by atoms with van der Waals surface area (Å²) in [5, 5.41) is 9.26. The molecule has 24 heavy (non-hydrogen) atoms. The van der Waals surface area contributed by atoms with Crippen LogP contribution in [0, 0.1) is 23.7 Å². The van der Waals surface area contributed by atoms with E-state index in [1.807, 2.05) is 0 Å². The summed E-state index contributed by atoms with van der Waals surface area (Å²) >= 11 is 0. The second-order valence-electron chi connectivity index (χ2n) is 8.20. The standard InChI is InChI=1S/C17H24F2O5/c1-15(18,19)14(21)24-16-4-10-2-12(5-16)17(13(3-10)6-16)22-8-11(7-20)9-23-17/h10-13,20H,2-9H2,1H3. The minimum absolute atomic E-state index is 0.0154. The van der Waals surface area contributed by atoms with E-state index in [-0.39, 0.29) is 24.4 Å². The van der Waals surface area contributed by atoms with Crippen LogP contribution in [-0.2, 0) is 19.0 Å². The summed E-state index contributed by atoms with van der Waals surface area (Å²) in [6.45, 7) is 1.52. The first kappa shape index (κ1) is 16.7. The predicted molar refractivity (Wildman–Crippen MR) is 78.2 cm³/mol. The summed E-state index contributed by atoms with van der Waals surface area (Å²) in [6.07, 6.45) is 3.54. The van der Waals surface area contributed by atoms with Gasteiger partial charge in [-0.15, -0.1) is 0 Å². The van der Waals surface area contributed by atoms with Gasteiger partial charge in [-0.2, -0.15) is 8.78 Å². The fourth-order valence-corrected chi connectivity index (χ4v) is 5.43. The molecule has 1 N–H and O–H groups in total.